The summed E-state index contributed by atoms with van der Waals surface area (Å²) in [7, 11) is 1.68. The molecule has 1 atom stereocenters. The van der Waals surface area contributed by atoms with Crippen molar-refractivity contribution >= 4 is 0 Å². The quantitative estimate of drug-likeness (QED) is 0.748. The molecule has 0 N–H and O–H groups in total. The maximum Gasteiger partial charge on any atom is 0.118 e. The van der Waals surface area contributed by atoms with Crippen LogP contribution in [0, 0.1) is 0 Å². The minimum Gasteiger partial charge on any atom is -0.497 e. The molecular formula is C15H14O2. The van der Waals surface area contributed by atoms with Crippen molar-refractivity contribution in [3.05, 3.63) is 54.1 Å². The van der Waals surface area contributed by atoms with Crippen molar-refractivity contribution in [3.8, 4) is 16.9 Å². The van der Waals surface area contributed by atoms with Gasteiger partial charge in [0, 0.05) is 0 Å². The van der Waals surface area contributed by atoms with E-state index in [-0.39, 0.29) is 6.10 Å². The number of epoxide rings is 1. The van der Waals surface area contributed by atoms with E-state index in [0.29, 0.717) is 0 Å². The summed E-state index contributed by atoms with van der Waals surface area (Å²) in [6.07, 6.45) is 0.285. The van der Waals surface area contributed by atoms with E-state index >= 15 is 0 Å². The number of ether oxygens (including phenoxy) is 2. The molecule has 1 aliphatic rings. The number of rotatable bonds is 3. The summed E-state index contributed by atoms with van der Waals surface area (Å²) in [4.78, 5) is 0. The predicted octanol–water partition coefficient (Wildman–Crippen LogP) is 3.43. The van der Waals surface area contributed by atoms with Gasteiger partial charge in [-0.2, -0.15) is 0 Å². The largest absolute Gasteiger partial charge is 0.497 e. The second-order valence-corrected chi connectivity index (χ2v) is 4.14. The van der Waals surface area contributed by atoms with Gasteiger partial charge < -0.3 is 9.47 Å². The minimum absolute atomic E-state index is 0.285. The van der Waals surface area contributed by atoms with Crippen LogP contribution in [0.5, 0.6) is 5.75 Å². The summed E-state index contributed by atoms with van der Waals surface area (Å²) >= 11 is 0. The molecule has 3 rings (SSSR count). The number of methoxy groups -OCH3 is 1. The summed E-state index contributed by atoms with van der Waals surface area (Å²) in [6.45, 7) is 0.840. The van der Waals surface area contributed by atoms with Crippen LogP contribution >= 0.6 is 0 Å². The van der Waals surface area contributed by atoms with Crippen LogP contribution in [0.3, 0.4) is 0 Å². The molecule has 17 heavy (non-hydrogen) atoms. The molecule has 1 aliphatic heterocycles. The molecule has 1 saturated heterocycles. The molecule has 2 nitrogen and oxygen atoms in total. The van der Waals surface area contributed by atoms with E-state index in [9.17, 15) is 0 Å². The van der Waals surface area contributed by atoms with Gasteiger partial charge in [0.2, 0.25) is 0 Å². The van der Waals surface area contributed by atoms with Gasteiger partial charge in [-0.1, -0.05) is 36.4 Å². The van der Waals surface area contributed by atoms with Gasteiger partial charge in [-0.3, -0.25) is 0 Å². The standard InChI is InChI=1S/C15H14O2/c1-16-12-8-6-11(7-9-12)13-4-2-3-5-14(13)15-10-17-15/h2-9,15H,10H2,1H3. The van der Waals surface area contributed by atoms with E-state index in [0.717, 1.165) is 12.4 Å². The first-order valence-electron chi connectivity index (χ1n) is 5.73. The molecule has 0 saturated carbocycles. The van der Waals surface area contributed by atoms with Crippen molar-refractivity contribution in [1.82, 2.24) is 0 Å². The van der Waals surface area contributed by atoms with E-state index in [2.05, 4.69) is 36.4 Å². The Labute approximate surface area is 101 Å². The Hall–Kier alpha value is -1.80. The van der Waals surface area contributed by atoms with E-state index in [1.807, 2.05) is 12.1 Å². The Kier molecular flexibility index (Phi) is 2.57. The molecule has 2 aromatic carbocycles. The fraction of sp³-hybridized carbons (Fsp3) is 0.200. The van der Waals surface area contributed by atoms with Crippen LogP contribution < -0.4 is 4.74 Å². The van der Waals surface area contributed by atoms with Gasteiger partial charge in [0.25, 0.3) is 0 Å². The molecule has 2 heteroatoms. The Morgan fingerprint density at radius 2 is 1.76 bits per heavy atom. The minimum atomic E-state index is 0.285. The highest BCUT2D eigenvalue weighted by atomic mass is 16.6. The zero-order chi connectivity index (χ0) is 11.7. The fourth-order valence-corrected chi connectivity index (χ4v) is 2.04. The molecule has 0 aliphatic carbocycles. The number of benzene rings is 2. The molecular weight excluding hydrogens is 212 g/mol. The van der Waals surface area contributed by atoms with Crippen LogP contribution in [0.25, 0.3) is 11.1 Å². The van der Waals surface area contributed by atoms with Crippen LogP contribution in [-0.2, 0) is 4.74 Å². The Balaban J connectivity index is 2.01. The zero-order valence-corrected chi connectivity index (χ0v) is 9.72. The average Bonchev–Trinajstić information content (AvgIpc) is 3.23. The van der Waals surface area contributed by atoms with Crippen LogP contribution in [-0.4, -0.2) is 13.7 Å². The third kappa shape index (κ3) is 2.04. The second kappa shape index (κ2) is 4.22. The van der Waals surface area contributed by atoms with Crippen LogP contribution in [0.2, 0.25) is 0 Å². The summed E-state index contributed by atoms with van der Waals surface area (Å²) in [6, 6.07) is 16.5. The molecule has 1 unspecified atom stereocenters. The Morgan fingerprint density at radius 1 is 1.06 bits per heavy atom. The first-order chi connectivity index (χ1) is 8.38. The number of hydrogen-bond acceptors (Lipinski definition) is 2. The SMILES string of the molecule is COc1ccc(-c2ccccc2C2CO2)cc1. The van der Waals surface area contributed by atoms with Gasteiger partial charge in [-0.15, -0.1) is 0 Å². The number of hydrogen-bond donors (Lipinski definition) is 0. The van der Waals surface area contributed by atoms with Crippen molar-refractivity contribution in [2.45, 2.75) is 6.10 Å². The lowest BCUT2D eigenvalue weighted by atomic mass is 9.98. The van der Waals surface area contributed by atoms with Gasteiger partial charge >= 0.3 is 0 Å². The van der Waals surface area contributed by atoms with Crippen molar-refractivity contribution in [2.24, 2.45) is 0 Å². The Bertz CT molecular complexity index is 513. The summed E-state index contributed by atoms with van der Waals surface area (Å²) in [5.41, 5.74) is 3.73. The second-order valence-electron chi connectivity index (χ2n) is 4.14. The highest BCUT2D eigenvalue weighted by molar-refractivity contribution is 5.68. The lowest BCUT2D eigenvalue weighted by Gasteiger charge is -2.08. The smallest absolute Gasteiger partial charge is 0.118 e. The van der Waals surface area contributed by atoms with Crippen LogP contribution in [0.4, 0.5) is 0 Å². The molecule has 1 heterocycles. The van der Waals surface area contributed by atoms with E-state index in [1.54, 1.807) is 7.11 Å². The molecule has 0 bridgehead atoms. The van der Waals surface area contributed by atoms with Gasteiger partial charge in [-0.05, 0) is 28.8 Å². The molecule has 86 valence electrons. The maximum absolute atomic E-state index is 5.38. The molecule has 0 spiro atoms. The van der Waals surface area contributed by atoms with Crippen molar-refractivity contribution in [3.63, 3.8) is 0 Å². The monoisotopic (exact) mass is 226 g/mol. The van der Waals surface area contributed by atoms with Gasteiger partial charge in [0.05, 0.1) is 13.7 Å². The highest BCUT2D eigenvalue weighted by Gasteiger charge is 2.27. The normalized spacial score (nSPS) is 17.8. The molecule has 0 amide bonds. The van der Waals surface area contributed by atoms with Crippen molar-refractivity contribution < 1.29 is 9.47 Å². The zero-order valence-electron chi connectivity index (χ0n) is 9.72. The van der Waals surface area contributed by atoms with Crippen LogP contribution in [0.1, 0.15) is 11.7 Å². The van der Waals surface area contributed by atoms with Gasteiger partial charge in [-0.25, -0.2) is 0 Å². The van der Waals surface area contributed by atoms with Crippen molar-refractivity contribution in [1.29, 1.82) is 0 Å². The maximum atomic E-state index is 5.38. The summed E-state index contributed by atoms with van der Waals surface area (Å²) < 4.78 is 10.5. The van der Waals surface area contributed by atoms with Crippen molar-refractivity contribution in [2.75, 3.05) is 13.7 Å². The lowest BCUT2D eigenvalue weighted by molar-refractivity contribution is 0.414. The summed E-state index contributed by atoms with van der Waals surface area (Å²) in [5.74, 6) is 0.883. The summed E-state index contributed by atoms with van der Waals surface area (Å²) in [5, 5.41) is 0. The topological polar surface area (TPSA) is 21.8 Å². The highest BCUT2D eigenvalue weighted by Crippen LogP contribution is 2.37. The lowest BCUT2D eigenvalue weighted by Crippen LogP contribution is -1.88. The van der Waals surface area contributed by atoms with Gasteiger partial charge in [0.1, 0.15) is 11.9 Å². The first kappa shape index (κ1) is 10.4. The average molecular weight is 226 g/mol. The molecule has 2 aromatic rings. The third-order valence-corrected chi connectivity index (χ3v) is 3.04. The fourth-order valence-electron chi connectivity index (χ4n) is 2.04. The van der Waals surface area contributed by atoms with E-state index in [1.165, 1.54) is 16.7 Å². The molecule has 0 aromatic heterocycles. The molecule has 0 radical (unpaired) electrons. The Morgan fingerprint density at radius 3 is 2.41 bits per heavy atom. The predicted molar refractivity (Wildman–Crippen MR) is 67.1 cm³/mol. The van der Waals surface area contributed by atoms with Crippen LogP contribution in [0.15, 0.2) is 48.5 Å². The molecule has 1 fully saturated rings. The first-order valence-corrected chi connectivity index (χ1v) is 5.73. The van der Waals surface area contributed by atoms with Gasteiger partial charge in [0.15, 0.2) is 0 Å². The van der Waals surface area contributed by atoms with E-state index < -0.39 is 0 Å². The third-order valence-electron chi connectivity index (χ3n) is 3.04. The van der Waals surface area contributed by atoms with E-state index in [4.69, 9.17) is 9.47 Å².